The number of hydrogen-bond acceptors (Lipinski definition) is 4. The predicted molar refractivity (Wildman–Crippen MR) is 131 cm³/mol. The Bertz CT molecular complexity index is 795. The van der Waals surface area contributed by atoms with Gasteiger partial charge in [0.1, 0.15) is 5.60 Å². The molecular weight excluding hydrogens is 497 g/mol. The molecule has 0 saturated carbocycles. The van der Waals surface area contributed by atoms with Crippen molar-refractivity contribution < 1.29 is 14.3 Å². The second kappa shape index (κ2) is 12.3. The first-order chi connectivity index (χ1) is 13.4. The van der Waals surface area contributed by atoms with E-state index < -0.39 is 17.2 Å². The number of hydrogen-bond donors (Lipinski definition) is 4. The number of halogens is 1. The number of anilines is 1. The molecule has 1 rings (SSSR count). The Hall–Kier alpha value is -2.48. The Morgan fingerprint density at radius 3 is 2.40 bits per heavy atom. The fourth-order valence-electron chi connectivity index (χ4n) is 2.21. The minimum atomic E-state index is -0.599. The Balaban J connectivity index is 0.00000841. The smallest absolute Gasteiger partial charge is 0.408 e. The first kappa shape index (κ1) is 27.5. The van der Waals surface area contributed by atoms with E-state index in [0.29, 0.717) is 23.8 Å². The second-order valence-electron chi connectivity index (χ2n) is 8.06. The van der Waals surface area contributed by atoms with Crippen molar-refractivity contribution in [2.24, 2.45) is 4.99 Å². The molecule has 30 heavy (non-hydrogen) atoms. The van der Waals surface area contributed by atoms with E-state index in [1.54, 1.807) is 52.1 Å². The maximum absolute atomic E-state index is 12.1. The molecule has 0 radical (unpaired) electrons. The van der Waals surface area contributed by atoms with Crippen molar-refractivity contribution in [1.29, 1.82) is 0 Å². The highest BCUT2D eigenvalue weighted by Crippen LogP contribution is 2.10. The molecule has 0 aliphatic carbocycles. The summed E-state index contributed by atoms with van der Waals surface area (Å²) in [4.78, 5) is 28.2. The number of benzene rings is 1. The predicted octanol–water partition coefficient (Wildman–Crippen LogP) is 2.69. The van der Waals surface area contributed by atoms with Crippen LogP contribution in [-0.2, 0) is 9.53 Å². The lowest BCUT2D eigenvalue weighted by atomic mass is 10.1. The van der Waals surface area contributed by atoms with Crippen LogP contribution < -0.4 is 21.3 Å². The van der Waals surface area contributed by atoms with Crippen molar-refractivity contribution in [3.05, 3.63) is 29.8 Å². The molecule has 0 aliphatic rings. The van der Waals surface area contributed by atoms with E-state index in [1.807, 2.05) is 13.8 Å². The van der Waals surface area contributed by atoms with Crippen LogP contribution in [0.25, 0.3) is 0 Å². The lowest BCUT2D eigenvalue weighted by Gasteiger charge is -2.29. The van der Waals surface area contributed by atoms with Gasteiger partial charge in [-0.05, 0) is 52.8 Å². The number of alkyl carbamates (subject to hydrolysis) is 1. The lowest BCUT2D eigenvalue weighted by Crippen LogP contribution is -2.54. The average molecular weight is 529 g/mol. The maximum Gasteiger partial charge on any atom is 0.408 e. The fraction of sp³-hybridized carbons (Fsp3) is 0.476. The third kappa shape index (κ3) is 11.5. The molecule has 8 nitrogen and oxygen atoms in total. The number of nitrogens with zero attached hydrogens (tertiary/aromatic N) is 1. The molecule has 0 heterocycles. The van der Waals surface area contributed by atoms with Gasteiger partial charge in [-0.1, -0.05) is 12.0 Å². The molecule has 0 spiro atoms. The van der Waals surface area contributed by atoms with Crippen LogP contribution in [0.5, 0.6) is 0 Å². The SMILES string of the molecule is C#Cc1cccc(NC(=O)CNC(=NC)NCC(C)(C)NC(=O)OC(C)(C)C)c1.I. The third-order valence-electron chi connectivity index (χ3n) is 3.49. The molecule has 166 valence electrons. The van der Waals surface area contributed by atoms with Gasteiger partial charge in [0.2, 0.25) is 5.91 Å². The van der Waals surface area contributed by atoms with E-state index >= 15 is 0 Å². The number of amides is 2. The number of rotatable bonds is 6. The molecule has 1 aromatic carbocycles. The average Bonchev–Trinajstić information content (AvgIpc) is 2.59. The summed E-state index contributed by atoms with van der Waals surface area (Å²) in [7, 11) is 1.60. The number of carbonyl (C=O) groups excluding carboxylic acids is 2. The minimum Gasteiger partial charge on any atom is -0.444 e. The van der Waals surface area contributed by atoms with Crippen LogP contribution in [-0.4, -0.2) is 49.2 Å². The van der Waals surface area contributed by atoms with E-state index in [9.17, 15) is 9.59 Å². The van der Waals surface area contributed by atoms with E-state index in [4.69, 9.17) is 11.2 Å². The van der Waals surface area contributed by atoms with Crippen molar-refractivity contribution in [3.63, 3.8) is 0 Å². The summed E-state index contributed by atoms with van der Waals surface area (Å²) in [6.45, 7) is 9.49. The Kier molecular flexibility index (Phi) is 11.3. The van der Waals surface area contributed by atoms with Gasteiger partial charge in [-0.2, -0.15) is 0 Å². The summed E-state index contributed by atoms with van der Waals surface area (Å²) in [5.74, 6) is 2.71. The Labute approximate surface area is 196 Å². The van der Waals surface area contributed by atoms with Gasteiger partial charge in [-0.15, -0.1) is 30.4 Å². The molecule has 1 aromatic rings. The van der Waals surface area contributed by atoms with Gasteiger partial charge in [0.15, 0.2) is 5.96 Å². The van der Waals surface area contributed by atoms with Crippen LogP contribution in [0.4, 0.5) is 10.5 Å². The van der Waals surface area contributed by atoms with Crippen molar-refractivity contribution in [1.82, 2.24) is 16.0 Å². The third-order valence-corrected chi connectivity index (χ3v) is 3.49. The summed E-state index contributed by atoms with van der Waals surface area (Å²) in [5.41, 5.74) is 0.140. The zero-order valence-corrected chi connectivity index (χ0v) is 20.7. The fourth-order valence-corrected chi connectivity index (χ4v) is 2.21. The molecule has 0 saturated heterocycles. The molecule has 0 fully saturated rings. The molecule has 0 atom stereocenters. The summed E-state index contributed by atoms with van der Waals surface area (Å²) < 4.78 is 5.27. The van der Waals surface area contributed by atoms with Crippen LogP contribution in [0.3, 0.4) is 0 Å². The molecule has 0 bridgehead atoms. The number of aliphatic imine (C=N–C) groups is 1. The molecule has 2 amide bonds. The minimum absolute atomic E-state index is 0. The lowest BCUT2D eigenvalue weighted by molar-refractivity contribution is -0.115. The topological polar surface area (TPSA) is 104 Å². The highest BCUT2D eigenvalue weighted by Gasteiger charge is 2.24. The van der Waals surface area contributed by atoms with Crippen molar-refractivity contribution in [2.45, 2.75) is 45.8 Å². The van der Waals surface area contributed by atoms with Gasteiger partial charge in [0, 0.05) is 24.8 Å². The van der Waals surface area contributed by atoms with Crippen LogP contribution in [0.1, 0.15) is 40.2 Å². The number of terminal acetylenes is 1. The number of ether oxygens (including phenoxy) is 1. The van der Waals surface area contributed by atoms with E-state index in [0.717, 1.165) is 0 Å². The van der Waals surface area contributed by atoms with Gasteiger partial charge >= 0.3 is 6.09 Å². The van der Waals surface area contributed by atoms with E-state index in [1.165, 1.54) is 0 Å². The summed E-state index contributed by atoms with van der Waals surface area (Å²) in [6.07, 6.45) is 4.86. The summed E-state index contributed by atoms with van der Waals surface area (Å²) in [6, 6.07) is 7.04. The van der Waals surface area contributed by atoms with Gasteiger partial charge < -0.3 is 26.0 Å². The number of carbonyl (C=O) groups is 2. The van der Waals surface area contributed by atoms with Crippen LogP contribution in [0.2, 0.25) is 0 Å². The first-order valence-electron chi connectivity index (χ1n) is 9.26. The van der Waals surface area contributed by atoms with E-state index in [2.05, 4.69) is 32.2 Å². The summed E-state index contributed by atoms with van der Waals surface area (Å²) in [5, 5.41) is 11.6. The quantitative estimate of drug-likeness (QED) is 0.197. The Morgan fingerprint density at radius 1 is 1.17 bits per heavy atom. The van der Waals surface area contributed by atoms with Crippen LogP contribution in [0, 0.1) is 12.3 Å². The van der Waals surface area contributed by atoms with Gasteiger partial charge in [0.25, 0.3) is 0 Å². The first-order valence-corrected chi connectivity index (χ1v) is 9.26. The normalized spacial score (nSPS) is 11.4. The molecule has 0 aliphatic heterocycles. The van der Waals surface area contributed by atoms with Gasteiger partial charge in [0.05, 0.1) is 12.1 Å². The van der Waals surface area contributed by atoms with Gasteiger partial charge in [-0.25, -0.2) is 4.79 Å². The van der Waals surface area contributed by atoms with Crippen molar-refractivity contribution >= 4 is 47.6 Å². The van der Waals surface area contributed by atoms with Crippen molar-refractivity contribution in [2.75, 3.05) is 25.5 Å². The van der Waals surface area contributed by atoms with E-state index in [-0.39, 0.29) is 36.4 Å². The molecular formula is C21H32IN5O3. The number of nitrogens with one attached hydrogen (secondary N) is 4. The second-order valence-corrected chi connectivity index (χ2v) is 8.06. The van der Waals surface area contributed by atoms with Gasteiger partial charge in [-0.3, -0.25) is 9.79 Å². The molecule has 0 aromatic heterocycles. The molecule has 0 unspecified atom stereocenters. The monoisotopic (exact) mass is 529 g/mol. The Morgan fingerprint density at radius 2 is 1.83 bits per heavy atom. The maximum atomic E-state index is 12.1. The zero-order chi connectivity index (χ0) is 22.1. The number of guanidine groups is 1. The molecule has 4 N–H and O–H groups in total. The highest BCUT2D eigenvalue weighted by atomic mass is 127. The molecule has 9 heteroatoms. The standard InChI is InChI=1S/C21H31N5O3.HI/c1-8-15-10-9-11-16(12-15)25-17(27)13-23-18(22-7)24-14-21(5,6)26-19(28)29-20(2,3)4;/h1,9-12H,13-14H2,2-7H3,(H,25,27)(H,26,28)(H2,22,23,24);1H. The van der Waals surface area contributed by atoms with Crippen molar-refractivity contribution in [3.8, 4) is 12.3 Å². The largest absolute Gasteiger partial charge is 0.444 e. The zero-order valence-electron chi connectivity index (χ0n) is 18.4. The van der Waals surface area contributed by atoms with Crippen LogP contribution in [0.15, 0.2) is 29.3 Å². The highest BCUT2D eigenvalue weighted by molar-refractivity contribution is 14.0. The summed E-state index contributed by atoms with van der Waals surface area (Å²) >= 11 is 0. The van der Waals surface area contributed by atoms with Crippen LogP contribution >= 0.6 is 24.0 Å².